The average molecular weight is 294 g/mol. The van der Waals surface area contributed by atoms with Crippen LogP contribution in [0.4, 0.5) is 0 Å². The van der Waals surface area contributed by atoms with Gasteiger partial charge in [0.25, 0.3) is 0 Å². The van der Waals surface area contributed by atoms with E-state index in [0.29, 0.717) is 0 Å². The molecule has 0 unspecified atom stereocenters. The molecule has 0 aromatic heterocycles. The molecular weight excluding hydrogens is 275 g/mol. The number of halogens is 1. The number of unbranched alkanes of at least 4 members (excludes halogenated alkanes) is 2. The van der Waals surface area contributed by atoms with E-state index < -0.39 is 0 Å². The van der Waals surface area contributed by atoms with Crippen LogP contribution in [-0.2, 0) is 4.79 Å². The Morgan fingerprint density at radius 3 is 1.92 bits per heavy atom. The van der Waals surface area contributed by atoms with Gasteiger partial charge in [-0.1, -0.05) is 32.3 Å². The number of carbonyl (C=O) groups is 1. The fraction of sp³-hybridized carbons (Fsp3) is 0.727. The average Bonchev–Trinajstić information content (AvgIpc) is 2.17. The van der Waals surface area contributed by atoms with Crippen LogP contribution in [0.3, 0.4) is 0 Å². The van der Waals surface area contributed by atoms with E-state index in [0.717, 1.165) is 22.7 Å². The predicted octanol–water partition coefficient (Wildman–Crippen LogP) is 4.25. The fourth-order valence-electron chi connectivity index (χ4n) is 1.23. The molecule has 0 aliphatic rings. The minimum atomic E-state index is 0.930. The van der Waals surface area contributed by atoms with E-state index in [1.807, 2.05) is 0 Å². The molecule has 0 rings (SSSR count). The van der Waals surface area contributed by atoms with Crippen molar-refractivity contribution in [3.63, 3.8) is 0 Å². The van der Waals surface area contributed by atoms with Gasteiger partial charge in [0.05, 0.1) is 3.58 Å². The van der Waals surface area contributed by atoms with Crippen LogP contribution in [-0.4, -0.2) is 6.29 Å². The molecule has 0 spiro atoms. The molecule has 0 aromatic carbocycles. The zero-order valence-electron chi connectivity index (χ0n) is 8.61. The molecule has 0 saturated carbocycles. The van der Waals surface area contributed by atoms with Gasteiger partial charge in [-0.2, -0.15) is 0 Å². The van der Waals surface area contributed by atoms with Crippen LogP contribution in [0.2, 0.25) is 0 Å². The highest BCUT2D eigenvalue weighted by molar-refractivity contribution is 14.1. The van der Waals surface area contributed by atoms with Crippen LogP contribution >= 0.6 is 22.6 Å². The lowest BCUT2D eigenvalue weighted by Gasteiger charge is -2.06. The molecular formula is C11H19IO. The van der Waals surface area contributed by atoms with E-state index in [1.165, 1.54) is 31.3 Å². The normalized spacial score (nSPS) is 9.77. The SMILES string of the molecule is CCCCC(CCCC)=C(I)C=O. The second-order valence-electron chi connectivity index (χ2n) is 3.28. The molecule has 0 atom stereocenters. The van der Waals surface area contributed by atoms with Crippen LogP contribution in [0.15, 0.2) is 9.15 Å². The largest absolute Gasteiger partial charge is 0.297 e. The molecule has 0 aliphatic carbocycles. The van der Waals surface area contributed by atoms with Gasteiger partial charge in [-0.05, 0) is 48.3 Å². The Morgan fingerprint density at radius 1 is 1.15 bits per heavy atom. The molecule has 0 fully saturated rings. The number of rotatable bonds is 7. The lowest BCUT2D eigenvalue weighted by Crippen LogP contribution is -1.89. The van der Waals surface area contributed by atoms with E-state index in [1.54, 1.807) is 0 Å². The van der Waals surface area contributed by atoms with E-state index >= 15 is 0 Å². The van der Waals surface area contributed by atoms with Crippen molar-refractivity contribution in [3.05, 3.63) is 9.15 Å². The lowest BCUT2D eigenvalue weighted by molar-refractivity contribution is -0.104. The summed E-state index contributed by atoms with van der Waals surface area (Å²) < 4.78 is 0.930. The molecule has 0 N–H and O–H groups in total. The Hall–Kier alpha value is 0.140. The first kappa shape index (κ1) is 13.1. The van der Waals surface area contributed by atoms with Gasteiger partial charge in [-0.3, -0.25) is 4.79 Å². The maximum atomic E-state index is 10.6. The van der Waals surface area contributed by atoms with Crippen LogP contribution in [0.5, 0.6) is 0 Å². The van der Waals surface area contributed by atoms with Crippen LogP contribution < -0.4 is 0 Å². The van der Waals surface area contributed by atoms with Gasteiger partial charge >= 0.3 is 0 Å². The van der Waals surface area contributed by atoms with Gasteiger partial charge in [0.1, 0.15) is 0 Å². The molecule has 0 aliphatic heterocycles. The number of aldehydes is 1. The molecule has 0 amide bonds. The third-order valence-corrected chi connectivity index (χ3v) is 3.12. The number of hydrogen-bond acceptors (Lipinski definition) is 1. The Labute approximate surface area is 95.1 Å². The topological polar surface area (TPSA) is 17.1 Å². The number of carbonyl (C=O) groups excluding carboxylic acids is 1. The zero-order chi connectivity index (χ0) is 10.1. The smallest absolute Gasteiger partial charge is 0.156 e. The Bertz CT molecular complexity index is 163. The summed E-state index contributed by atoms with van der Waals surface area (Å²) in [5, 5.41) is 0. The lowest BCUT2D eigenvalue weighted by atomic mass is 10.0. The van der Waals surface area contributed by atoms with E-state index in [-0.39, 0.29) is 0 Å². The second kappa shape index (κ2) is 8.73. The van der Waals surface area contributed by atoms with E-state index in [4.69, 9.17) is 0 Å². The standard InChI is InChI=1S/C11H19IO/c1-3-5-7-10(8-6-4-2)11(12)9-13/h9H,3-8H2,1-2H3. The summed E-state index contributed by atoms with van der Waals surface area (Å²) in [4.78, 5) is 10.6. The summed E-state index contributed by atoms with van der Waals surface area (Å²) in [7, 11) is 0. The molecule has 0 bridgehead atoms. The van der Waals surface area contributed by atoms with Crippen molar-refractivity contribution in [1.29, 1.82) is 0 Å². The molecule has 76 valence electrons. The molecule has 0 aromatic rings. The van der Waals surface area contributed by atoms with Crippen LogP contribution in [0, 0.1) is 0 Å². The van der Waals surface area contributed by atoms with Gasteiger partial charge in [0, 0.05) is 0 Å². The first-order valence-electron chi connectivity index (χ1n) is 5.08. The fourth-order valence-corrected chi connectivity index (χ4v) is 1.77. The third kappa shape index (κ3) is 6.24. The molecule has 13 heavy (non-hydrogen) atoms. The Balaban J connectivity index is 4.10. The summed E-state index contributed by atoms with van der Waals surface area (Å²) in [6.07, 6.45) is 8.03. The molecule has 2 heteroatoms. The molecule has 0 heterocycles. The quantitative estimate of drug-likeness (QED) is 0.389. The van der Waals surface area contributed by atoms with Crippen molar-refractivity contribution in [2.45, 2.75) is 52.4 Å². The number of allylic oxidation sites excluding steroid dienone is 2. The van der Waals surface area contributed by atoms with Crippen LogP contribution in [0.1, 0.15) is 52.4 Å². The van der Waals surface area contributed by atoms with Crippen molar-refractivity contribution in [1.82, 2.24) is 0 Å². The summed E-state index contributed by atoms with van der Waals surface area (Å²) >= 11 is 2.16. The molecule has 1 nitrogen and oxygen atoms in total. The van der Waals surface area contributed by atoms with Gasteiger partial charge in [-0.25, -0.2) is 0 Å². The van der Waals surface area contributed by atoms with E-state index in [2.05, 4.69) is 36.4 Å². The Morgan fingerprint density at radius 2 is 1.62 bits per heavy atom. The highest BCUT2D eigenvalue weighted by Gasteiger charge is 2.02. The van der Waals surface area contributed by atoms with Crippen molar-refractivity contribution in [3.8, 4) is 0 Å². The summed E-state index contributed by atoms with van der Waals surface area (Å²) in [5.74, 6) is 0. The van der Waals surface area contributed by atoms with Crippen molar-refractivity contribution in [2.75, 3.05) is 0 Å². The zero-order valence-corrected chi connectivity index (χ0v) is 10.8. The summed E-state index contributed by atoms with van der Waals surface area (Å²) in [6.45, 7) is 4.37. The first-order valence-corrected chi connectivity index (χ1v) is 6.16. The van der Waals surface area contributed by atoms with Crippen molar-refractivity contribution in [2.24, 2.45) is 0 Å². The highest BCUT2D eigenvalue weighted by Crippen LogP contribution is 2.21. The summed E-state index contributed by atoms with van der Waals surface area (Å²) in [5.41, 5.74) is 1.36. The van der Waals surface area contributed by atoms with E-state index in [9.17, 15) is 4.79 Å². The monoisotopic (exact) mass is 294 g/mol. The maximum Gasteiger partial charge on any atom is 0.156 e. The van der Waals surface area contributed by atoms with Crippen molar-refractivity contribution < 1.29 is 4.79 Å². The molecule has 0 radical (unpaired) electrons. The molecule has 0 saturated heterocycles. The van der Waals surface area contributed by atoms with Gasteiger partial charge < -0.3 is 0 Å². The third-order valence-electron chi connectivity index (χ3n) is 2.11. The van der Waals surface area contributed by atoms with Gasteiger partial charge in [0.2, 0.25) is 0 Å². The van der Waals surface area contributed by atoms with Crippen molar-refractivity contribution >= 4 is 28.9 Å². The summed E-state index contributed by atoms with van der Waals surface area (Å²) in [6, 6.07) is 0. The minimum absolute atomic E-state index is 0.930. The van der Waals surface area contributed by atoms with Gasteiger partial charge in [0.15, 0.2) is 6.29 Å². The Kier molecular flexibility index (Phi) is 8.82. The number of hydrogen-bond donors (Lipinski definition) is 0. The maximum absolute atomic E-state index is 10.6. The minimum Gasteiger partial charge on any atom is -0.297 e. The highest BCUT2D eigenvalue weighted by atomic mass is 127. The second-order valence-corrected chi connectivity index (χ2v) is 4.44. The van der Waals surface area contributed by atoms with Crippen LogP contribution in [0.25, 0.3) is 0 Å². The predicted molar refractivity (Wildman–Crippen MR) is 66.2 cm³/mol. The first-order chi connectivity index (χ1) is 6.26. The van der Waals surface area contributed by atoms with Gasteiger partial charge in [-0.15, -0.1) is 0 Å².